The Labute approximate surface area is 196 Å². The van der Waals surface area contributed by atoms with Crippen LogP contribution in [0.15, 0.2) is 116 Å². The van der Waals surface area contributed by atoms with E-state index in [0.29, 0.717) is 0 Å². The van der Waals surface area contributed by atoms with Gasteiger partial charge in [-0.2, -0.15) is 0 Å². The van der Waals surface area contributed by atoms with Crippen LogP contribution in [0.3, 0.4) is 0 Å². The van der Waals surface area contributed by atoms with Gasteiger partial charge in [0.15, 0.2) is 0 Å². The first-order valence-electron chi connectivity index (χ1n) is 11.3. The SMILES string of the molecule is c1cncc(-c2ccc3ccc4ccc(-c5ccc(-c6cncnc6)cc5)c5ccc2c3c45)c1. The van der Waals surface area contributed by atoms with E-state index in [1.807, 2.05) is 30.9 Å². The molecule has 0 atom stereocenters. The Bertz CT molecular complexity index is 1770. The molecule has 0 aliphatic heterocycles. The van der Waals surface area contributed by atoms with Crippen LogP contribution in [-0.2, 0) is 0 Å². The van der Waals surface area contributed by atoms with Crippen LogP contribution in [0.4, 0.5) is 0 Å². The molecule has 0 unspecified atom stereocenters. The summed E-state index contributed by atoms with van der Waals surface area (Å²) in [6.07, 6.45) is 9.01. The van der Waals surface area contributed by atoms with Crippen LogP contribution >= 0.6 is 0 Å². The number of hydrogen-bond acceptors (Lipinski definition) is 3. The van der Waals surface area contributed by atoms with E-state index in [9.17, 15) is 0 Å². The molecule has 0 bridgehead atoms. The van der Waals surface area contributed by atoms with Crippen LogP contribution in [0.1, 0.15) is 0 Å². The molecule has 0 aliphatic carbocycles. The minimum absolute atomic E-state index is 1.02. The second kappa shape index (κ2) is 7.46. The topological polar surface area (TPSA) is 38.7 Å². The van der Waals surface area contributed by atoms with Crippen LogP contribution in [0.5, 0.6) is 0 Å². The Morgan fingerprint density at radius 1 is 0.412 bits per heavy atom. The molecular formula is C31H19N3. The lowest BCUT2D eigenvalue weighted by atomic mass is 9.87. The molecule has 0 aliphatic rings. The van der Waals surface area contributed by atoms with Gasteiger partial charge in [-0.1, -0.05) is 78.9 Å². The number of pyridine rings is 1. The third kappa shape index (κ3) is 2.87. The first-order chi connectivity index (χ1) is 16.9. The second-order valence-corrected chi connectivity index (χ2v) is 8.59. The zero-order valence-electron chi connectivity index (χ0n) is 18.3. The molecule has 0 N–H and O–H groups in total. The molecule has 2 heterocycles. The van der Waals surface area contributed by atoms with Gasteiger partial charge in [-0.05, 0) is 60.6 Å². The van der Waals surface area contributed by atoms with Crippen molar-refractivity contribution in [2.24, 2.45) is 0 Å². The van der Waals surface area contributed by atoms with E-state index in [4.69, 9.17) is 0 Å². The first-order valence-corrected chi connectivity index (χ1v) is 11.3. The van der Waals surface area contributed by atoms with Crippen molar-refractivity contribution in [3.8, 4) is 33.4 Å². The van der Waals surface area contributed by atoms with Crippen LogP contribution in [0, 0.1) is 0 Å². The minimum Gasteiger partial charge on any atom is -0.264 e. The number of rotatable bonds is 3. The predicted molar refractivity (Wildman–Crippen MR) is 140 cm³/mol. The van der Waals surface area contributed by atoms with Crippen LogP contribution < -0.4 is 0 Å². The van der Waals surface area contributed by atoms with E-state index < -0.39 is 0 Å². The molecule has 7 rings (SSSR count). The molecular weight excluding hydrogens is 414 g/mol. The summed E-state index contributed by atoms with van der Waals surface area (Å²) in [6.45, 7) is 0. The van der Waals surface area contributed by atoms with Gasteiger partial charge in [-0.15, -0.1) is 0 Å². The van der Waals surface area contributed by atoms with Gasteiger partial charge in [-0.3, -0.25) is 4.98 Å². The van der Waals surface area contributed by atoms with Gasteiger partial charge >= 0.3 is 0 Å². The highest BCUT2D eigenvalue weighted by atomic mass is 14.8. The summed E-state index contributed by atoms with van der Waals surface area (Å²) in [5.74, 6) is 0. The van der Waals surface area contributed by atoms with Crippen LogP contribution in [-0.4, -0.2) is 15.0 Å². The lowest BCUT2D eigenvalue weighted by molar-refractivity contribution is 1.17. The zero-order valence-corrected chi connectivity index (χ0v) is 18.3. The summed E-state index contributed by atoms with van der Waals surface area (Å²) in [5, 5.41) is 7.69. The monoisotopic (exact) mass is 433 g/mol. The Hall–Kier alpha value is -4.63. The van der Waals surface area contributed by atoms with E-state index in [2.05, 4.69) is 93.8 Å². The van der Waals surface area contributed by atoms with E-state index in [1.165, 1.54) is 49.0 Å². The summed E-state index contributed by atoms with van der Waals surface area (Å²) in [7, 11) is 0. The highest BCUT2D eigenvalue weighted by molar-refractivity contribution is 6.27. The Balaban J connectivity index is 1.46. The van der Waals surface area contributed by atoms with E-state index in [0.717, 1.165) is 16.7 Å². The van der Waals surface area contributed by atoms with Gasteiger partial charge in [0.1, 0.15) is 6.33 Å². The highest BCUT2D eigenvalue weighted by Gasteiger charge is 2.15. The summed E-state index contributed by atoms with van der Waals surface area (Å²) in [4.78, 5) is 12.6. The van der Waals surface area contributed by atoms with Gasteiger partial charge < -0.3 is 0 Å². The lowest BCUT2D eigenvalue weighted by Crippen LogP contribution is -1.90. The number of benzene rings is 5. The molecule has 34 heavy (non-hydrogen) atoms. The molecule has 0 spiro atoms. The fourth-order valence-corrected chi connectivity index (χ4v) is 5.12. The van der Waals surface area contributed by atoms with Crippen molar-refractivity contribution in [1.29, 1.82) is 0 Å². The molecule has 5 aromatic carbocycles. The average molecular weight is 434 g/mol. The van der Waals surface area contributed by atoms with Gasteiger partial charge in [0, 0.05) is 35.9 Å². The Morgan fingerprint density at radius 3 is 1.59 bits per heavy atom. The quantitative estimate of drug-likeness (QED) is 0.267. The lowest BCUT2D eigenvalue weighted by Gasteiger charge is -2.16. The minimum atomic E-state index is 1.02. The molecule has 0 saturated heterocycles. The van der Waals surface area contributed by atoms with Crippen molar-refractivity contribution in [2.45, 2.75) is 0 Å². The van der Waals surface area contributed by atoms with Crippen LogP contribution in [0.2, 0.25) is 0 Å². The molecule has 3 nitrogen and oxygen atoms in total. The van der Waals surface area contributed by atoms with Gasteiger partial charge in [0.2, 0.25) is 0 Å². The summed E-state index contributed by atoms with van der Waals surface area (Å²) < 4.78 is 0. The van der Waals surface area contributed by atoms with Crippen molar-refractivity contribution >= 4 is 32.3 Å². The molecule has 2 aromatic heterocycles. The summed E-state index contributed by atoms with van der Waals surface area (Å²) >= 11 is 0. The molecule has 0 fully saturated rings. The number of nitrogens with zero attached hydrogens (tertiary/aromatic N) is 3. The molecule has 158 valence electrons. The van der Waals surface area contributed by atoms with Gasteiger partial charge in [-0.25, -0.2) is 9.97 Å². The fourth-order valence-electron chi connectivity index (χ4n) is 5.12. The molecule has 3 heteroatoms. The van der Waals surface area contributed by atoms with E-state index in [-0.39, 0.29) is 0 Å². The maximum atomic E-state index is 4.35. The maximum absolute atomic E-state index is 4.35. The zero-order chi connectivity index (χ0) is 22.5. The van der Waals surface area contributed by atoms with Gasteiger partial charge in [0.25, 0.3) is 0 Å². The third-order valence-corrected chi connectivity index (χ3v) is 6.73. The standard InChI is InChI=1S/C31H19N3/c1-2-24(16-32-15-1)27-12-10-23-8-7-22-9-11-26(28-13-14-29(27)31(23)30(22)28)21-5-3-20(4-6-21)25-17-33-19-34-18-25/h1-19H. The molecule has 0 amide bonds. The van der Waals surface area contributed by atoms with Crippen molar-refractivity contribution in [1.82, 2.24) is 15.0 Å². The number of aromatic nitrogens is 3. The molecule has 0 saturated carbocycles. The maximum Gasteiger partial charge on any atom is 0.115 e. The second-order valence-electron chi connectivity index (χ2n) is 8.59. The van der Waals surface area contributed by atoms with E-state index >= 15 is 0 Å². The predicted octanol–water partition coefficient (Wildman–Crippen LogP) is 7.77. The third-order valence-electron chi connectivity index (χ3n) is 6.73. The van der Waals surface area contributed by atoms with Crippen LogP contribution in [0.25, 0.3) is 65.7 Å². The fraction of sp³-hybridized carbons (Fsp3) is 0. The largest absolute Gasteiger partial charge is 0.264 e. The summed E-state index contributed by atoms with van der Waals surface area (Å²) in [5.41, 5.74) is 6.93. The van der Waals surface area contributed by atoms with Crippen molar-refractivity contribution in [3.63, 3.8) is 0 Å². The Morgan fingerprint density at radius 2 is 0.971 bits per heavy atom. The molecule has 0 radical (unpaired) electrons. The summed E-state index contributed by atoms with van der Waals surface area (Å²) in [6, 6.07) is 30.7. The Kier molecular flexibility index (Phi) is 4.15. The first kappa shape index (κ1) is 18.9. The molecule has 7 aromatic rings. The highest BCUT2D eigenvalue weighted by Crippen LogP contribution is 2.42. The normalized spacial score (nSPS) is 11.5. The average Bonchev–Trinajstić information content (AvgIpc) is 2.92. The van der Waals surface area contributed by atoms with Crippen molar-refractivity contribution < 1.29 is 0 Å². The number of hydrogen-bond donors (Lipinski definition) is 0. The van der Waals surface area contributed by atoms with E-state index in [1.54, 1.807) is 6.33 Å². The van der Waals surface area contributed by atoms with Crippen molar-refractivity contribution in [3.05, 3.63) is 116 Å². The smallest absolute Gasteiger partial charge is 0.115 e. The van der Waals surface area contributed by atoms with Crippen molar-refractivity contribution in [2.75, 3.05) is 0 Å². The van der Waals surface area contributed by atoms with Gasteiger partial charge in [0.05, 0.1) is 0 Å².